The van der Waals surface area contributed by atoms with Crippen LogP contribution in [-0.2, 0) is 0 Å². The van der Waals surface area contributed by atoms with Gasteiger partial charge in [-0.3, -0.25) is 0 Å². The van der Waals surface area contributed by atoms with E-state index in [9.17, 15) is 8.78 Å². The summed E-state index contributed by atoms with van der Waals surface area (Å²) in [6.45, 7) is 5.71. The molecule has 0 spiro atoms. The van der Waals surface area contributed by atoms with Crippen LogP contribution in [0.15, 0.2) is 12.1 Å². The van der Waals surface area contributed by atoms with Crippen molar-refractivity contribution >= 4 is 8.32 Å². The second kappa shape index (κ2) is 3.99. The quantitative estimate of drug-likeness (QED) is 0.727. The lowest BCUT2D eigenvalue weighted by Crippen LogP contribution is -2.29. The minimum absolute atomic E-state index is 0.142. The predicted molar refractivity (Wildman–Crippen MR) is 55.0 cm³/mol. The van der Waals surface area contributed by atoms with E-state index in [1.165, 1.54) is 6.07 Å². The van der Waals surface area contributed by atoms with Gasteiger partial charge in [0.25, 0.3) is 0 Å². The highest BCUT2D eigenvalue weighted by Crippen LogP contribution is 2.22. The van der Waals surface area contributed by atoms with Crippen molar-refractivity contribution in [3.8, 4) is 11.8 Å². The topological polar surface area (TPSA) is 33.0 Å². The van der Waals surface area contributed by atoms with Crippen molar-refractivity contribution in [3.63, 3.8) is 0 Å². The lowest BCUT2D eigenvalue weighted by molar-refractivity contribution is 0.522. The predicted octanol–water partition coefficient (Wildman–Crippen LogP) is 3.05. The average molecular weight is 227 g/mol. The van der Waals surface area contributed by atoms with Gasteiger partial charge >= 0.3 is 0 Å². The fourth-order valence-corrected chi connectivity index (χ4v) is 1.89. The molecule has 0 aliphatic rings. The van der Waals surface area contributed by atoms with Gasteiger partial charge in [0.2, 0.25) is 8.32 Å². The molecule has 1 aromatic rings. The summed E-state index contributed by atoms with van der Waals surface area (Å²) in [5.74, 6) is -1.63. The van der Waals surface area contributed by atoms with E-state index in [0.717, 1.165) is 12.1 Å². The molecule has 0 aromatic heterocycles. The van der Waals surface area contributed by atoms with Crippen LogP contribution in [-0.4, -0.2) is 8.32 Å². The molecular weight excluding hydrogens is 216 g/mol. The molecule has 0 saturated heterocycles. The Balaban J connectivity index is 3.11. The minimum Gasteiger partial charge on any atom is -0.544 e. The summed E-state index contributed by atoms with van der Waals surface area (Å²) in [6, 6.07) is 3.54. The van der Waals surface area contributed by atoms with Crippen LogP contribution in [0.25, 0.3) is 0 Å². The van der Waals surface area contributed by atoms with Gasteiger partial charge < -0.3 is 4.43 Å². The van der Waals surface area contributed by atoms with Gasteiger partial charge in [-0.25, -0.2) is 8.78 Å². The standard InChI is InChI=1S/C10H11F2NOSi/c1-15(2,3)14-7-4-9(11)8(6-13)10(12)5-7/h4-5H,1-3H3. The maximum Gasteiger partial charge on any atom is 0.242 e. The molecule has 5 heteroatoms. The van der Waals surface area contributed by atoms with E-state index in [-0.39, 0.29) is 5.75 Å². The highest BCUT2D eigenvalue weighted by molar-refractivity contribution is 6.70. The molecule has 1 aromatic carbocycles. The molecule has 0 fully saturated rings. The van der Waals surface area contributed by atoms with Crippen molar-refractivity contribution in [2.45, 2.75) is 19.6 Å². The molecule has 80 valence electrons. The SMILES string of the molecule is C[Si](C)(C)Oc1cc(F)c(C#N)c(F)c1. The molecule has 0 atom stereocenters. The van der Waals surface area contributed by atoms with Gasteiger partial charge in [-0.05, 0) is 19.6 Å². The Hall–Kier alpha value is -1.41. The third kappa shape index (κ3) is 3.03. The molecule has 0 saturated carbocycles. The normalized spacial score (nSPS) is 10.9. The van der Waals surface area contributed by atoms with Gasteiger partial charge in [0.1, 0.15) is 29.0 Å². The summed E-state index contributed by atoms with van der Waals surface area (Å²) in [5, 5.41) is 8.46. The van der Waals surface area contributed by atoms with Gasteiger partial charge in [0.05, 0.1) is 0 Å². The first-order chi connectivity index (χ1) is 6.83. The van der Waals surface area contributed by atoms with Crippen LogP contribution < -0.4 is 4.43 Å². The Labute approximate surface area is 88.2 Å². The van der Waals surface area contributed by atoms with Crippen molar-refractivity contribution in [1.29, 1.82) is 5.26 Å². The van der Waals surface area contributed by atoms with Crippen molar-refractivity contribution in [2.75, 3.05) is 0 Å². The average Bonchev–Trinajstić information content (AvgIpc) is 1.99. The van der Waals surface area contributed by atoms with Gasteiger partial charge in [0.15, 0.2) is 0 Å². The van der Waals surface area contributed by atoms with E-state index >= 15 is 0 Å². The molecule has 0 radical (unpaired) electrons. The zero-order valence-electron chi connectivity index (χ0n) is 8.77. The number of rotatable bonds is 2. The summed E-state index contributed by atoms with van der Waals surface area (Å²) in [7, 11) is -1.89. The Morgan fingerprint density at radius 3 is 2.00 bits per heavy atom. The number of hydrogen-bond acceptors (Lipinski definition) is 2. The largest absolute Gasteiger partial charge is 0.544 e. The Kier molecular flexibility index (Phi) is 3.10. The second-order valence-electron chi connectivity index (χ2n) is 4.09. The molecule has 1 rings (SSSR count). The highest BCUT2D eigenvalue weighted by atomic mass is 28.4. The van der Waals surface area contributed by atoms with Gasteiger partial charge in [0, 0.05) is 12.1 Å². The highest BCUT2D eigenvalue weighted by Gasteiger charge is 2.18. The fraction of sp³-hybridized carbons (Fsp3) is 0.300. The monoisotopic (exact) mass is 227 g/mol. The summed E-state index contributed by atoms with van der Waals surface area (Å²) in [6.07, 6.45) is 0. The van der Waals surface area contributed by atoms with Crippen LogP contribution in [0.1, 0.15) is 5.56 Å². The van der Waals surface area contributed by atoms with Gasteiger partial charge in [-0.1, -0.05) is 0 Å². The van der Waals surface area contributed by atoms with Crippen LogP contribution in [0.5, 0.6) is 5.75 Å². The fourth-order valence-electron chi connectivity index (χ4n) is 1.07. The van der Waals surface area contributed by atoms with Crippen LogP contribution in [0.3, 0.4) is 0 Å². The Bertz CT molecular complexity index is 397. The van der Waals surface area contributed by atoms with E-state index < -0.39 is 25.5 Å². The number of benzene rings is 1. The van der Waals surface area contributed by atoms with Gasteiger partial charge in [-0.2, -0.15) is 5.26 Å². The summed E-state index contributed by atoms with van der Waals surface area (Å²) in [5.41, 5.74) is -0.571. The Morgan fingerprint density at radius 2 is 1.67 bits per heavy atom. The van der Waals surface area contributed by atoms with Crippen LogP contribution >= 0.6 is 0 Å². The maximum absolute atomic E-state index is 13.2. The third-order valence-electron chi connectivity index (χ3n) is 1.55. The number of halogens is 2. The van der Waals surface area contributed by atoms with Gasteiger partial charge in [-0.15, -0.1) is 0 Å². The summed E-state index contributed by atoms with van der Waals surface area (Å²) >= 11 is 0. The zero-order chi connectivity index (χ0) is 11.6. The zero-order valence-corrected chi connectivity index (χ0v) is 9.77. The maximum atomic E-state index is 13.2. The van der Waals surface area contributed by atoms with Crippen LogP contribution in [0.2, 0.25) is 19.6 Å². The van der Waals surface area contributed by atoms with Crippen molar-refractivity contribution in [2.24, 2.45) is 0 Å². The van der Waals surface area contributed by atoms with E-state index in [0.29, 0.717) is 0 Å². The number of nitrogens with zero attached hydrogens (tertiary/aromatic N) is 1. The molecule has 0 aliphatic carbocycles. The smallest absolute Gasteiger partial charge is 0.242 e. The lowest BCUT2D eigenvalue weighted by Gasteiger charge is -2.19. The Morgan fingerprint density at radius 1 is 1.20 bits per heavy atom. The molecular formula is C10H11F2NOSi. The van der Waals surface area contributed by atoms with E-state index in [2.05, 4.69) is 0 Å². The van der Waals surface area contributed by atoms with E-state index in [4.69, 9.17) is 9.69 Å². The summed E-state index contributed by atoms with van der Waals surface area (Å²) < 4.78 is 31.7. The van der Waals surface area contributed by atoms with Crippen LogP contribution in [0, 0.1) is 23.0 Å². The first-order valence-electron chi connectivity index (χ1n) is 4.41. The third-order valence-corrected chi connectivity index (χ3v) is 2.40. The molecule has 0 aliphatic heterocycles. The number of nitriles is 1. The van der Waals surface area contributed by atoms with E-state index in [1.54, 1.807) is 0 Å². The van der Waals surface area contributed by atoms with Crippen molar-refractivity contribution in [1.82, 2.24) is 0 Å². The molecule has 0 unspecified atom stereocenters. The van der Waals surface area contributed by atoms with Crippen LogP contribution in [0.4, 0.5) is 8.78 Å². The van der Waals surface area contributed by atoms with Crippen molar-refractivity contribution in [3.05, 3.63) is 29.3 Å². The molecule has 0 heterocycles. The lowest BCUT2D eigenvalue weighted by atomic mass is 10.2. The molecule has 15 heavy (non-hydrogen) atoms. The molecule has 0 N–H and O–H groups in total. The molecule has 2 nitrogen and oxygen atoms in total. The molecule has 0 bridgehead atoms. The number of hydrogen-bond donors (Lipinski definition) is 0. The first kappa shape index (κ1) is 11.7. The summed E-state index contributed by atoms with van der Waals surface area (Å²) in [4.78, 5) is 0. The van der Waals surface area contributed by atoms with Crippen molar-refractivity contribution < 1.29 is 13.2 Å². The molecule has 0 amide bonds. The van der Waals surface area contributed by atoms with E-state index in [1.807, 2.05) is 19.6 Å². The second-order valence-corrected chi connectivity index (χ2v) is 8.52. The minimum atomic E-state index is -1.89. The first-order valence-corrected chi connectivity index (χ1v) is 7.82.